The van der Waals surface area contributed by atoms with Gasteiger partial charge in [0.1, 0.15) is 5.82 Å². The quantitative estimate of drug-likeness (QED) is 0.199. The molecule has 1 aromatic carbocycles. The molecule has 8 heteroatoms. The summed E-state index contributed by atoms with van der Waals surface area (Å²) in [6, 6.07) is 5.51. The van der Waals surface area contributed by atoms with Crippen molar-refractivity contribution in [2.45, 2.75) is 13.8 Å². The first kappa shape index (κ1) is 18.1. The van der Waals surface area contributed by atoms with Gasteiger partial charge in [0, 0.05) is 0 Å². The fourth-order valence-corrected chi connectivity index (χ4v) is 1.47. The molecule has 0 aliphatic rings. The van der Waals surface area contributed by atoms with E-state index in [1.165, 1.54) is 30.5 Å². The number of aliphatic hydroxyl groups is 1. The summed E-state index contributed by atoms with van der Waals surface area (Å²) >= 11 is 0. The van der Waals surface area contributed by atoms with Crippen LogP contribution >= 0.6 is 0 Å². The number of carbonyl (C=O) groups excluding carboxylic acids is 1. The Morgan fingerprint density at radius 2 is 1.87 bits per heavy atom. The number of hydrogen-bond donors (Lipinski definition) is 2. The Morgan fingerprint density at radius 3 is 2.43 bits per heavy atom. The van der Waals surface area contributed by atoms with Crippen LogP contribution in [-0.2, 0) is 14.3 Å². The highest BCUT2D eigenvalue weighted by molar-refractivity contribution is 6.18. The molecule has 0 spiro atoms. The van der Waals surface area contributed by atoms with Crippen molar-refractivity contribution in [3.63, 3.8) is 0 Å². The topological polar surface area (TPSA) is 107 Å². The summed E-state index contributed by atoms with van der Waals surface area (Å²) in [5.74, 6) is -2.31. The van der Waals surface area contributed by atoms with Gasteiger partial charge in [0.05, 0.1) is 19.4 Å². The Kier molecular flexibility index (Phi) is 7.25. The molecular weight excluding hydrogens is 305 g/mol. The molecule has 1 aromatic rings. The van der Waals surface area contributed by atoms with E-state index in [1.54, 1.807) is 13.8 Å². The molecule has 7 nitrogen and oxygen atoms in total. The molecule has 3 N–H and O–H groups in total. The van der Waals surface area contributed by atoms with Gasteiger partial charge in [0.25, 0.3) is 5.95 Å². The molecule has 0 aliphatic heterocycles. The van der Waals surface area contributed by atoms with Gasteiger partial charge in [0.15, 0.2) is 11.4 Å². The highest BCUT2D eigenvalue weighted by atomic mass is 19.1. The zero-order valence-electron chi connectivity index (χ0n) is 12.8. The first-order chi connectivity index (χ1) is 11.0. The van der Waals surface area contributed by atoms with Gasteiger partial charge in [-0.2, -0.15) is 5.10 Å². The second kappa shape index (κ2) is 9.19. The number of amidine groups is 1. The van der Waals surface area contributed by atoms with E-state index in [0.717, 1.165) is 0 Å². The predicted molar refractivity (Wildman–Crippen MR) is 83.5 cm³/mol. The van der Waals surface area contributed by atoms with E-state index < -0.39 is 17.5 Å². The average Bonchev–Trinajstić information content (AvgIpc) is 2.50. The summed E-state index contributed by atoms with van der Waals surface area (Å²) < 4.78 is 22.4. The van der Waals surface area contributed by atoms with Crippen LogP contribution in [0.15, 0.2) is 46.0 Å². The highest BCUT2D eigenvalue weighted by Crippen LogP contribution is 2.07. The van der Waals surface area contributed by atoms with Crippen molar-refractivity contribution in [1.82, 2.24) is 0 Å². The fourth-order valence-electron chi connectivity index (χ4n) is 1.47. The lowest BCUT2D eigenvalue weighted by molar-refractivity contribution is -0.138. The second-order valence-corrected chi connectivity index (χ2v) is 4.11. The molecule has 0 aromatic heterocycles. The Hall–Kier alpha value is -2.90. The zero-order valence-corrected chi connectivity index (χ0v) is 12.8. The van der Waals surface area contributed by atoms with Gasteiger partial charge in [-0.25, -0.2) is 9.18 Å². The maximum absolute atomic E-state index is 12.8. The first-order valence-corrected chi connectivity index (χ1v) is 6.85. The lowest BCUT2D eigenvalue weighted by atomic mass is 10.2. The summed E-state index contributed by atoms with van der Waals surface area (Å²) in [5, 5.41) is 17.0. The molecular formula is C15H18FN3O4. The lowest BCUT2D eigenvalue weighted by Crippen LogP contribution is -2.25. The SMILES string of the molecule is CCOC(=O)C(C(N)=NN=Cc1ccc(F)cc1)=C(O)OCC. The average molecular weight is 323 g/mol. The van der Waals surface area contributed by atoms with E-state index in [1.807, 2.05) is 0 Å². The van der Waals surface area contributed by atoms with E-state index >= 15 is 0 Å². The molecule has 0 saturated heterocycles. The van der Waals surface area contributed by atoms with Gasteiger partial charge < -0.3 is 20.3 Å². The number of nitrogens with two attached hydrogens (primary N) is 1. The molecule has 0 heterocycles. The van der Waals surface area contributed by atoms with Crippen molar-refractivity contribution < 1.29 is 23.8 Å². The number of esters is 1. The van der Waals surface area contributed by atoms with Gasteiger partial charge in [0.2, 0.25) is 0 Å². The molecule has 0 saturated carbocycles. The van der Waals surface area contributed by atoms with Gasteiger partial charge in [-0.15, -0.1) is 5.10 Å². The van der Waals surface area contributed by atoms with Crippen LogP contribution < -0.4 is 5.73 Å². The minimum atomic E-state index is -0.878. The Morgan fingerprint density at radius 1 is 1.26 bits per heavy atom. The Bertz CT molecular complexity index is 624. The lowest BCUT2D eigenvalue weighted by Gasteiger charge is -2.08. The van der Waals surface area contributed by atoms with Crippen molar-refractivity contribution in [2.75, 3.05) is 13.2 Å². The molecule has 124 valence electrons. The number of halogens is 1. The summed E-state index contributed by atoms with van der Waals surface area (Å²) in [6.07, 6.45) is 1.31. The molecule has 1 rings (SSSR count). The molecule has 0 radical (unpaired) electrons. The van der Waals surface area contributed by atoms with Crippen molar-refractivity contribution in [2.24, 2.45) is 15.9 Å². The molecule has 0 bridgehead atoms. The van der Waals surface area contributed by atoms with Crippen LogP contribution in [0, 0.1) is 5.82 Å². The van der Waals surface area contributed by atoms with Crippen molar-refractivity contribution >= 4 is 18.0 Å². The number of aliphatic hydroxyl groups excluding tert-OH is 1. The zero-order chi connectivity index (χ0) is 17.2. The maximum Gasteiger partial charge on any atom is 0.349 e. The van der Waals surface area contributed by atoms with E-state index in [-0.39, 0.29) is 24.9 Å². The van der Waals surface area contributed by atoms with Crippen LogP contribution in [-0.4, -0.2) is 36.3 Å². The van der Waals surface area contributed by atoms with Crippen LogP contribution in [0.4, 0.5) is 4.39 Å². The number of carbonyl (C=O) groups is 1. The van der Waals surface area contributed by atoms with Gasteiger partial charge >= 0.3 is 5.97 Å². The third-order valence-electron chi connectivity index (χ3n) is 2.47. The van der Waals surface area contributed by atoms with Gasteiger partial charge in [-0.05, 0) is 31.5 Å². The van der Waals surface area contributed by atoms with Crippen LogP contribution in [0.3, 0.4) is 0 Å². The summed E-state index contributed by atoms with van der Waals surface area (Å²) in [4.78, 5) is 11.8. The van der Waals surface area contributed by atoms with E-state index in [2.05, 4.69) is 10.2 Å². The monoisotopic (exact) mass is 323 g/mol. The number of hydrogen-bond acceptors (Lipinski definition) is 6. The molecule has 0 aliphatic carbocycles. The molecule has 23 heavy (non-hydrogen) atoms. The van der Waals surface area contributed by atoms with Crippen LogP contribution in [0.2, 0.25) is 0 Å². The van der Waals surface area contributed by atoms with Crippen molar-refractivity contribution in [3.8, 4) is 0 Å². The molecule has 0 fully saturated rings. The smallest absolute Gasteiger partial charge is 0.349 e. The maximum atomic E-state index is 12.8. The molecule has 0 atom stereocenters. The largest absolute Gasteiger partial charge is 0.480 e. The van der Waals surface area contributed by atoms with Crippen LogP contribution in [0.1, 0.15) is 19.4 Å². The standard InChI is InChI=1S/C15H18FN3O4/c1-3-22-14(20)12(15(21)23-4-2)13(17)19-18-9-10-5-7-11(16)8-6-10/h5-9,20H,3-4H2,1-2H3,(H2,17,19). The number of nitrogens with zero attached hydrogens (tertiary/aromatic N) is 2. The number of benzene rings is 1. The number of ether oxygens (including phenoxy) is 2. The molecule has 0 unspecified atom stereocenters. The van der Waals surface area contributed by atoms with E-state index in [0.29, 0.717) is 5.56 Å². The Labute approximate surface area is 132 Å². The van der Waals surface area contributed by atoms with Crippen molar-refractivity contribution in [1.29, 1.82) is 0 Å². The molecule has 0 amide bonds. The third kappa shape index (κ3) is 5.77. The minimum Gasteiger partial charge on any atom is -0.480 e. The second-order valence-electron chi connectivity index (χ2n) is 4.11. The third-order valence-corrected chi connectivity index (χ3v) is 2.47. The van der Waals surface area contributed by atoms with Crippen LogP contribution in [0.5, 0.6) is 0 Å². The summed E-state index contributed by atoms with van der Waals surface area (Å²) in [5.41, 5.74) is 5.82. The minimum absolute atomic E-state index is 0.0911. The van der Waals surface area contributed by atoms with E-state index in [9.17, 15) is 14.3 Å². The van der Waals surface area contributed by atoms with Gasteiger partial charge in [-0.1, -0.05) is 12.1 Å². The Balaban J connectivity index is 2.99. The van der Waals surface area contributed by atoms with Crippen molar-refractivity contribution in [3.05, 3.63) is 47.2 Å². The fraction of sp³-hybridized carbons (Fsp3) is 0.267. The van der Waals surface area contributed by atoms with Crippen LogP contribution in [0.25, 0.3) is 0 Å². The number of rotatable bonds is 7. The summed E-state index contributed by atoms with van der Waals surface area (Å²) in [7, 11) is 0. The van der Waals surface area contributed by atoms with Gasteiger partial charge in [-0.3, -0.25) is 0 Å². The first-order valence-electron chi connectivity index (χ1n) is 6.85. The van der Waals surface area contributed by atoms with E-state index in [4.69, 9.17) is 15.2 Å². The highest BCUT2D eigenvalue weighted by Gasteiger charge is 2.22. The summed E-state index contributed by atoms with van der Waals surface area (Å²) in [6.45, 7) is 3.45. The predicted octanol–water partition coefficient (Wildman–Crippen LogP) is 1.89. The normalized spacial score (nSPS) is 12.9.